The van der Waals surface area contributed by atoms with Gasteiger partial charge in [-0.15, -0.1) is 24.4 Å². The van der Waals surface area contributed by atoms with Crippen molar-refractivity contribution in [2.24, 2.45) is 17.8 Å². The summed E-state index contributed by atoms with van der Waals surface area (Å²) in [5.41, 5.74) is 0. The number of carbonyl (C=O) groups is 2. The molecule has 180 valence electrons. The Morgan fingerprint density at radius 3 is 2.55 bits per heavy atom. The van der Waals surface area contributed by atoms with E-state index in [-0.39, 0.29) is 22.8 Å². The topological polar surface area (TPSA) is 55.8 Å². The number of rotatable bonds is 11. The second kappa shape index (κ2) is 13.9. The van der Waals surface area contributed by atoms with Crippen LogP contribution in [0.15, 0.2) is 0 Å². The number of amides is 1. The van der Waals surface area contributed by atoms with Gasteiger partial charge in [-0.05, 0) is 62.7 Å². The zero-order valence-electron chi connectivity index (χ0n) is 19.9. The van der Waals surface area contributed by atoms with Crippen LogP contribution in [-0.2, 0) is 14.3 Å². The molecule has 0 aromatic carbocycles. The number of nitrogens with zero attached hydrogens (tertiary/aromatic N) is 1. The lowest BCUT2D eigenvalue weighted by atomic mass is 9.76. The van der Waals surface area contributed by atoms with Crippen molar-refractivity contribution < 1.29 is 19.1 Å². The molecule has 0 radical (unpaired) electrons. The summed E-state index contributed by atoms with van der Waals surface area (Å²) < 4.78 is 11.5. The van der Waals surface area contributed by atoms with E-state index in [4.69, 9.17) is 9.47 Å². The zero-order chi connectivity index (χ0) is 22.8. The van der Waals surface area contributed by atoms with Gasteiger partial charge in [0.15, 0.2) is 0 Å². The van der Waals surface area contributed by atoms with Crippen LogP contribution in [0.4, 0.5) is 4.79 Å². The maximum atomic E-state index is 12.6. The van der Waals surface area contributed by atoms with Crippen molar-refractivity contribution in [3.8, 4) is 0 Å². The summed E-state index contributed by atoms with van der Waals surface area (Å²) in [5, 5.41) is 0. The smallest absolute Gasteiger partial charge is 0.431 e. The Kier molecular flexibility index (Phi) is 11.9. The van der Waals surface area contributed by atoms with Crippen LogP contribution in [-0.4, -0.2) is 46.2 Å². The Balaban J connectivity index is 1.81. The highest BCUT2D eigenvalue weighted by Crippen LogP contribution is 2.35. The summed E-state index contributed by atoms with van der Waals surface area (Å²) in [6, 6.07) is 0. The summed E-state index contributed by atoms with van der Waals surface area (Å²) in [5.74, 6) is 2.70. The molecule has 5 atom stereocenters. The van der Waals surface area contributed by atoms with E-state index in [1.807, 2.05) is 4.90 Å². The second-order valence-corrected chi connectivity index (χ2v) is 11.6. The molecule has 1 saturated heterocycles. The molecule has 31 heavy (non-hydrogen) atoms. The van der Waals surface area contributed by atoms with E-state index in [2.05, 4.69) is 40.3 Å². The molecule has 1 saturated carbocycles. The van der Waals surface area contributed by atoms with Crippen LogP contribution in [0.25, 0.3) is 0 Å². The Morgan fingerprint density at radius 1 is 1.16 bits per heavy atom. The van der Waals surface area contributed by atoms with E-state index in [1.54, 1.807) is 11.8 Å². The quantitative estimate of drug-likeness (QED) is 0.211. The van der Waals surface area contributed by atoms with Crippen molar-refractivity contribution in [1.82, 2.24) is 4.90 Å². The van der Waals surface area contributed by atoms with Crippen LogP contribution >= 0.6 is 24.4 Å². The van der Waals surface area contributed by atoms with E-state index >= 15 is 0 Å². The van der Waals surface area contributed by atoms with Crippen LogP contribution in [0.3, 0.4) is 0 Å². The van der Waals surface area contributed by atoms with Crippen molar-refractivity contribution in [3.63, 3.8) is 0 Å². The van der Waals surface area contributed by atoms with Gasteiger partial charge in [0.05, 0.1) is 0 Å². The molecule has 5 unspecified atom stereocenters. The highest BCUT2D eigenvalue weighted by atomic mass is 32.2. The van der Waals surface area contributed by atoms with Gasteiger partial charge in [-0.3, -0.25) is 4.79 Å². The molecule has 1 amide bonds. The van der Waals surface area contributed by atoms with Gasteiger partial charge < -0.3 is 14.4 Å². The molecule has 0 spiro atoms. The van der Waals surface area contributed by atoms with Crippen LogP contribution in [0.2, 0.25) is 0 Å². The van der Waals surface area contributed by atoms with E-state index in [0.717, 1.165) is 57.2 Å². The minimum atomic E-state index is -0.527. The lowest BCUT2D eigenvalue weighted by Gasteiger charge is -2.35. The van der Waals surface area contributed by atoms with Gasteiger partial charge >= 0.3 is 6.16 Å². The number of hydrogen-bond donors (Lipinski definition) is 1. The van der Waals surface area contributed by atoms with E-state index in [0.29, 0.717) is 30.6 Å². The monoisotopic (exact) mass is 473 g/mol. The first-order valence-electron chi connectivity index (χ1n) is 12.3. The average Bonchev–Trinajstić information content (AvgIpc) is 3.15. The lowest BCUT2D eigenvalue weighted by Crippen LogP contribution is -2.35. The van der Waals surface area contributed by atoms with Gasteiger partial charge in [0, 0.05) is 18.7 Å². The summed E-state index contributed by atoms with van der Waals surface area (Å²) in [7, 11) is 0. The molecule has 2 fully saturated rings. The molecule has 1 heterocycles. The average molecular weight is 474 g/mol. The molecular formula is C24H43NO4S2. The number of carbonyl (C=O) groups excluding carboxylic acids is 2. The first-order valence-corrected chi connectivity index (χ1v) is 13.8. The fraction of sp³-hybridized carbons (Fsp3) is 0.917. The van der Waals surface area contributed by atoms with Crippen LogP contribution in [0, 0.1) is 17.8 Å². The lowest BCUT2D eigenvalue weighted by molar-refractivity contribution is -0.130. The van der Waals surface area contributed by atoms with Gasteiger partial charge in [-0.1, -0.05) is 40.5 Å². The maximum absolute atomic E-state index is 12.6. The predicted molar refractivity (Wildman–Crippen MR) is 131 cm³/mol. The third-order valence-corrected chi connectivity index (χ3v) is 8.55. The van der Waals surface area contributed by atoms with E-state index in [1.165, 1.54) is 6.42 Å². The Labute approximate surface area is 199 Å². The van der Waals surface area contributed by atoms with Crippen LogP contribution < -0.4 is 0 Å². The minimum absolute atomic E-state index is 0.0220. The maximum Gasteiger partial charge on any atom is 0.508 e. The molecule has 0 aromatic heterocycles. The van der Waals surface area contributed by atoms with Crippen LogP contribution in [0.1, 0.15) is 91.9 Å². The SMILES string of the molecule is CCCCCC(CCCC(=O)N1CCSC1S)OC(=O)OC1CC(C(C)C)CCC1C. The fourth-order valence-electron chi connectivity index (χ4n) is 4.58. The molecule has 2 rings (SSSR count). The molecule has 7 heteroatoms. The van der Waals surface area contributed by atoms with Gasteiger partial charge in [0.1, 0.15) is 16.9 Å². The summed E-state index contributed by atoms with van der Waals surface area (Å²) in [6.45, 7) is 9.61. The highest BCUT2D eigenvalue weighted by molar-refractivity contribution is 8.10. The molecule has 2 aliphatic rings. The van der Waals surface area contributed by atoms with Crippen molar-refractivity contribution >= 4 is 36.5 Å². The summed E-state index contributed by atoms with van der Waals surface area (Å²) >= 11 is 6.16. The van der Waals surface area contributed by atoms with Crippen molar-refractivity contribution in [1.29, 1.82) is 0 Å². The van der Waals surface area contributed by atoms with Crippen LogP contribution in [0.5, 0.6) is 0 Å². The van der Waals surface area contributed by atoms with Crippen molar-refractivity contribution in [2.45, 2.75) is 109 Å². The first-order chi connectivity index (χ1) is 14.8. The number of thioether (sulfide) groups is 1. The number of ether oxygens (including phenoxy) is 2. The largest absolute Gasteiger partial charge is 0.508 e. The van der Waals surface area contributed by atoms with Gasteiger partial charge in [0.25, 0.3) is 0 Å². The predicted octanol–water partition coefficient (Wildman–Crippen LogP) is 6.51. The minimum Gasteiger partial charge on any atom is -0.431 e. The standard InChI is InChI=1S/C24H43NO4S2/c1-5-6-7-9-20(10-8-11-22(26)25-14-15-31-23(25)30)28-24(27)29-21-16-19(17(2)3)13-12-18(21)4/h17-21,23,30H,5-16H2,1-4H3. The Hall–Kier alpha value is -0.560. The van der Waals surface area contributed by atoms with Crippen molar-refractivity contribution in [3.05, 3.63) is 0 Å². The summed E-state index contributed by atoms with van der Waals surface area (Å²) in [4.78, 5) is 26.9. The normalized spacial score (nSPS) is 27.4. The molecule has 0 bridgehead atoms. The molecule has 1 aliphatic carbocycles. The van der Waals surface area contributed by atoms with E-state index in [9.17, 15) is 9.59 Å². The van der Waals surface area contributed by atoms with E-state index < -0.39 is 6.16 Å². The molecule has 0 N–H and O–H groups in total. The van der Waals surface area contributed by atoms with Crippen molar-refractivity contribution in [2.75, 3.05) is 12.3 Å². The molecule has 1 aliphatic heterocycles. The molecular weight excluding hydrogens is 430 g/mol. The van der Waals surface area contributed by atoms with Gasteiger partial charge in [-0.25, -0.2) is 4.79 Å². The second-order valence-electron chi connectivity index (χ2n) is 9.61. The third kappa shape index (κ3) is 9.07. The van der Waals surface area contributed by atoms with Gasteiger partial charge in [-0.2, -0.15) is 0 Å². The zero-order valence-corrected chi connectivity index (χ0v) is 21.6. The summed E-state index contributed by atoms with van der Waals surface area (Å²) in [6.07, 6.45) is 8.51. The molecule has 5 nitrogen and oxygen atoms in total. The number of hydrogen-bond acceptors (Lipinski definition) is 6. The first kappa shape index (κ1) is 26.7. The Morgan fingerprint density at radius 2 is 1.90 bits per heavy atom. The van der Waals surface area contributed by atoms with Gasteiger partial charge in [0.2, 0.25) is 5.91 Å². The fourth-order valence-corrected chi connectivity index (χ4v) is 6.06. The number of thiol groups is 1. The molecule has 0 aromatic rings. The Bertz CT molecular complexity index is 560. The third-order valence-electron chi connectivity index (χ3n) is 6.85. The number of unbranched alkanes of at least 4 members (excludes halogenated alkanes) is 2. The highest BCUT2D eigenvalue weighted by Gasteiger charge is 2.33.